The molecule has 128 valence electrons. The highest BCUT2D eigenvalue weighted by molar-refractivity contribution is 7.91. The second kappa shape index (κ2) is 6.38. The van der Waals surface area contributed by atoms with Crippen molar-refractivity contribution in [2.45, 2.75) is 16.7 Å². The molecule has 2 aromatic carbocycles. The normalized spacial score (nSPS) is 11.4. The second-order valence-electron chi connectivity index (χ2n) is 5.39. The van der Waals surface area contributed by atoms with E-state index in [1.54, 1.807) is 25.1 Å². The fourth-order valence-electron chi connectivity index (χ4n) is 2.67. The Morgan fingerprint density at radius 2 is 1.92 bits per heavy atom. The lowest BCUT2D eigenvalue weighted by Crippen LogP contribution is -2.08. The van der Waals surface area contributed by atoms with E-state index in [0.717, 1.165) is 0 Å². The van der Waals surface area contributed by atoms with Crippen LogP contribution in [0.1, 0.15) is 15.9 Å². The van der Waals surface area contributed by atoms with Gasteiger partial charge in [0, 0.05) is 16.1 Å². The third-order valence-electron chi connectivity index (χ3n) is 3.86. The van der Waals surface area contributed by atoms with Gasteiger partial charge in [0.25, 0.3) is 0 Å². The van der Waals surface area contributed by atoms with Gasteiger partial charge in [-0.1, -0.05) is 17.7 Å². The van der Waals surface area contributed by atoms with Gasteiger partial charge in [-0.2, -0.15) is 0 Å². The van der Waals surface area contributed by atoms with Crippen molar-refractivity contribution in [2.24, 2.45) is 0 Å². The molecule has 1 heterocycles. The van der Waals surface area contributed by atoms with Crippen LogP contribution in [-0.4, -0.2) is 19.5 Å². The van der Waals surface area contributed by atoms with Gasteiger partial charge in [-0.25, -0.2) is 13.2 Å². The zero-order chi connectivity index (χ0) is 18.2. The van der Waals surface area contributed by atoms with Crippen LogP contribution in [0.5, 0.6) is 0 Å². The van der Waals surface area contributed by atoms with Crippen molar-refractivity contribution in [3.05, 3.63) is 71.1 Å². The number of carboxylic acids is 1. The van der Waals surface area contributed by atoms with Crippen molar-refractivity contribution in [3.63, 3.8) is 0 Å². The Bertz CT molecular complexity index is 1050. The van der Waals surface area contributed by atoms with Crippen LogP contribution in [0.2, 0.25) is 5.02 Å². The van der Waals surface area contributed by atoms with Crippen molar-refractivity contribution < 1.29 is 22.7 Å². The van der Waals surface area contributed by atoms with E-state index in [9.17, 15) is 18.3 Å². The maximum Gasteiger partial charge on any atom is 0.335 e. The lowest BCUT2D eigenvalue weighted by atomic mass is 9.98. The second-order valence-corrected chi connectivity index (χ2v) is 7.74. The molecular weight excluding hydrogens is 364 g/mol. The molecule has 0 radical (unpaired) electrons. The van der Waals surface area contributed by atoms with E-state index in [2.05, 4.69) is 0 Å². The molecule has 7 heteroatoms. The Labute approximate surface area is 149 Å². The molecule has 0 atom stereocenters. The number of carboxylic acid groups (broad SMARTS) is 1. The van der Waals surface area contributed by atoms with Crippen LogP contribution in [0.3, 0.4) is 0 Å². The Balaban J connectivity index is 2.33. The summed E-state index contributed by atoms with van der Waals surface area (Å²) in [6, 6.07) is 10.1. The first kappa shape index (κ1) is 17.3. The minimum Gasteiger partial charge on any atom is -0.478 e. The Morgan fingerprint density at radius 3 is 2.52 bits per heavy atom. The molecule has 0 unspecified atom stereocenters. The third kappa shape index (κ3) is 3.06. The molecule has 3 aromatic rings. The summed E-state index contributed by atoms with van der Waals surface area (Å²) in [5.74, 6) is -1.13. The van der Waals surface area contributed by atoms with Gasteiger partial charge in [0.2, 0.25) is 9.84 Å². The Kier molecular flexibility index (Phi) is 4.41. The van der Waals surface area contributed by atoms with Crippen LogP contribution < -0.4 is 0 Å². The van der Waals surface area contributed by atoms with Gasteiger partial charge < -0.3 is 9.52 Å². The summed E-state index contributed by atoms with van der Waals surface area (Å²) in [6.45, 7) is 1.57. The molecule has 25 heavy (non-hydrogen) atoms. The molecule has 0 saturated heterocycles. The molecule has 1 aromatic heterocycles. The first-order valence-electron chi connectivity index (χ1n) is 7.22. The number of carbonyl (C=O) groups is 1. The Hall–Kier alpha value is -2.57. The maximum absolute atomic E-state index is 13.1. The average Bonchev–Trinajstić information content (AvgIpc) is 3.08. The fourth-order valence-corrected chi connectivity index (χ4v) is 4.50. The smallest absolute Gasteiger partial charge is 0.335 e. The van der Waals surface area contributed by atoms with Gasteiger partial charge in [-0.05, 0) is 48.9 Å². The van der Waals surface area contributed by atoms with Crippen LogP contribution >= 0.6 is 11.6 Å². The number of sulfone groups is 1. The van der Waals surface area contributed by atoms with Gasteiger partial charge >= 0.3 is 5.97 Å². The highest BCUT2D eigenvalue weighted by Gasteiger charge is 2.26. The summed E-state index contributed by atoms with van der Waals surface area (Å²) in [6.07, 6.45) is 2.78. The maximum atomic E-state index is 13.1. The number of benzene rings is 2. The van der Waals surface area contributed by atoms with E-state index >= 15 is 0 Å². The van der Waals surface area contributed by atoms with Gasteiger partial charge in [-0.15, -0.1) is 0 Å². The highest BCUT2D eigenvalue weighted by Crippen LogP contribution is 2.36. The zero-order valence-corrected chi connectivity index (χ0v) is 14.6. The van der Waals surface area contributed by atoms with Gasteiger partial charge in [0.05, 0.1) is 27.9 Å². The molecule has 1 N–H and O–H groups in total. The van der Waals surface area contributed by atoms with Gasteiger partial charge in [0.1, 0.15) is 0 Å². The van der Waals surface area contributed by atoms with Crippen molar-refractivity contribution in [3.8, 4) is 11.1 Å². The van der Waals surface area contributed by atoms with E-state index < -0.39 is 15.8 Å². The highest BCUT2D eigenvalue weighted by atomic mass is 35.5. The summed E-state index contributed by atoms with van der Waals surface area (Å²) in [7, 11) is -3.90. The van der Waals surface area contributed by atoms with Crippen molar-refractivity contribution in [2.75, 3.05) is 0 Å². The summed E-state index contributed by atoms with van der Waals surface area (Å²) in [5.41, 5.74) is 1.16. The predicted octanol–water partition coefficient (Wildman–Crippen LogP) is 4.44. The molecule has 0 bridgehead atoms. The minimum atomic E-state index is -3.90. The number of hydrogen-bond acceptors (Lipinski definition) is 4. The van der Waals surface area contributed by atoms with E-state index in [4.69, 9.17) is 16.0 Å². The number of hydrogen-bond donors (Lipinski definition) is 1. The number of rotatable bonds is 4. The topological polar surface area (TPSA) is 84.6 Å². The van der Waals surface area contributed by atoms with Crippen LogP contribution in [0.15, 0.2) is 69.2 Å². The molecule has 5 nitrogen and oxygen atoms in total. The van der Waals surface area contributed by atoms with Gasteiger partial charge in [-0.3, -0.25) is 0 Å². The standard InChI is InChI=1S/C18H13ClO5S/c1-11-15(18(20)21)5-6-16(17(11)12-7-8-24-10-12)25(22,23)14-4-2-3-13(19)9-14/h2-10H,1H3,(H,20,21). The van der Waals surface area contributed by atoms with E-state index in [0.29, 0.717) is 21.7 Å². The fraction of sp³-hybridized carbons (Fsp3) is 0.0556. The molecule has 3 rings (SSSR count). The van der Waals surface area contributed by atoms with Crippen LogP contribution in [0, 0.1) is 6.92 Å². The Morgan fingerprint density at radius 1 is 1.16 bits per heavy atom. The molecule has 0 aliphatic rings. The first-order chi connectivity index (χ1) is 11.8. The van der Waals surface area contributed by atoms with E-state index in [1.807, 2.05) is 0 Å². The summed E-state index contributed by atoms with van der Waals surface area (Å²) in [5, 5.41) is 9.64. The lowest BCUT2D eigenvalue weighted by Gasteiger charge is -2.14. The van der Waals surface area contributed by atoms with Crippen LogP contribution in [0.25, 0.3) is 11.1 Å². The lowest BCUT2D eigenvalue weighted by molar-refractivity contribution is 0.0696. The number of furan rings is 1. The number of aromatic carboxylic acids is 1. The third-order valence-corrected chi connectivity index (χ3v) is 5.89. The van der Waals surface area contributed by atoms with Crippen molar-refractivity contribution in [1.82, 2.24) is 0 Å². The molecule has 0 fully saturated rings. The molecule has 0 aliphatic carbocycles. The van der Waals surface area contributed by atoms with Gasteiger partial charge in [0.15, 0.2) is 0 Å². The quantitative estimate of drug-likeness (QED) is 0.727. The first-order valence-corrected chi connectivity index (χ1v) is 9.08. The predicted molar refractivity (Wildman–Crippen MR) is 92.7 cm³/mol. The molecular formula is C18H13ClO5S. The van der Waals surface area contributed by atoms with Crippen molar-refractivity contribution in [1.29, 1.82) is 0 Å². The summed E-state index contributed by atoms with van der Waals surface area (Å²) in [4.78, 5) is 11.5. The SMILES string of the molecule is Cc1c(C(=O)O)ccc(S(=O)(=O)c2cccc(Cl)c2)c1-c1ccoc1. The largest absolute Gasteiger partial charge is 0.478 e. The zero-order valence-electron chi connectivity index (χ0n) is 13.1. The molecule has 0 amide bonds. The average molecular weight is 377 g/mol. The summed E-state index contributed by atoms with van der Waals surface area (Å²) < 4.78 is 31.3. The monoisotopic (exact) mass is 376 g/mol. The summed E-state index contributed by atoms with van der Waals surface area (Å²) >= 11 is 5.92. The van der Waals surface area contributed by atoms with E-state index in [-0.39, 0.29) is 15.4 Å². The minimum absolute atomic E-state index is 0.00123. The molecule has 0 spiro atoms. The van der Waals surface area contributed by atoms with Crippen LogP contribution in [-0.2, 0) is 9.84 Å². The molecule has 0 aliphatic heterocycles. The van der Waals surface area contributed by atoms with Crippen molar-refractivity contribution >= 4 is 27.4 Å². The molecule has 0 saturated carbocycles. The van der Waals surface area contributed by atoms with Crippen LogP contribution in [0.4, 0.5) is 0 Å². The van der Waals surface area contributed by atoms with E-state index in [1.165, 1.54) is 36.8 Å². The number of halogens is 1.